The molecule has 2 heterocycles. The van der Waals surface area contributed by atoms with Gasteiger partial charge in [0, 0.05) is 12.2 Å². The minimum absolute atomic E-state index is 0.0638. The molecule has 1 fully saturated rings. The fraction of sp³-hybridized carbons (Fsp3) is 0.643. The number of carbonyl (C=O) groups is 2. The predicted molar refractivity (Wildman–Crippen MR) is 74.9 cm³/mol. The van der Waals surface area contributed by atoms with E-state index in [9.17, 15) is 9.59 Å². The summed E-state index contributed by atoms with van der Waals surface area (Å²) in [5.74, 6) is -0.203. The number of amides is 2. The third kappa shape index (κ3) is 2.55. The summed E-state index contributed by atoms with van der Waals surface area (Å²) in [4.78, 5) is 25.5. The molecule has 20 heavy (non-hydrogen) atoms. The molecule has 1 aliphatic heterocycles. The van der Waals surface area contributed by atoms with Crippen molar-refractivity contribution < 1.29 is 9.59 Å². The van der Waals surface area contributed by atoms with Crippen molar-refractivity contribution in [1.82, 2.24) is 20.0 Å². The van der Waals surface area contributed by atoms with Gasteiger partial charge in [0.05, 0.1) is 18.8 Å². The third-order valence-corrected chi connectivity index (χ3v) is 3.96. The summed E-state index contributed by atoms with van der Waals surface area (Å²) >= 11 is 0. The van der Waals surface area contributed by atoms with Crippen molar-refractivity contribution in [1.29, 1.82) is 0 Å². The van der Waals surface area contributed by atoms with Gasteiger partial charge in [0.15, 0.2) is 0 Å². The average Bonchev–Trinajstić information content (AvgIpc) is 2.87. The molecule has 2 amide bonds. The molecule has 0 aromatic carbocycles. The van der Waals surface area contributed by atoms with Gasteiger partial charge in [0.2, 0.25) is 11.8 Å². The Kier molecular flexibility index (Phi) is 3.83. The third-order valence-electron chi connectivity index (χ3n) is 3.96. The highest BCUT2D eigenvalue weighted by Gasteiger charge is 2.41. The molecule has 1 atom stereocenters. The van der Waals surface area contributed by atoms with E-state index >= 15 is 0 Å². The zero-order valence-corrected chi connectivity index (χ0v) is 12.5. The van der Waals surface area contributed by atoms with Crippen LogP contribution in [0.15, 0.2) is 12.3 Å². The summed E-state index contributed by atoms with van der Waals surface area (Å²) in [7, 11) is 0. The molecule has 0 aliphatic carbocycles. The van der Waals surface area contributed by atoms with Gasteiger partial charge in [-0.1, -0.05) is 6.92 Å². The minimum Gasteiger partial charge on any atom is -0.345 e. The van der Waals surface area contributed by atoms with Gasteiger partial charge >= 0.3 is 0 Å². The smallest absolute Gasteiger partial charge is 0.245 e. The van der Waals surface area contributed by atoms with Crippen LogP contribution in [-0.2, 0) is 16.1 Å². The Morgan fingerprint density at radius 3 is 2.80 bits per heavy atom. The minimum atomic E-state index is -0.838. The first-order chi connectivity index (χ1) is 9.36. The molecular formula is C14H22N4O2. The lowest BCUT2D eigenvalue weighted by molar-refractivity contribution is -0.152. The Morgan fingerprint density at radius 1 is 1.45 bits per heavy atom. The van der Waals surface area contributed by atoms with Gasteiger partial charge in [0.25, 0.3) is 0 Å². The first kappa shape index (κ1) is 14.6. The van der Waals surface area contributed by atoms with Crippen LogP contribution < -0.4 is 5.32 Å². The number of hydrogen-bond acceptors (Lipinski definition) is 3. The second-order valence-electron chi connectivity index (χ2n) is 5.77. The molecule has 1 aliphatic rings. The van der Waals surface area contributed by atoms with E-state index in [1.807, 2.05) is 16.9 Å². The topological polar surface area (TPSA) is 67.2 Å². The van der Waals surface area contributed by atoms with Crippen LogP contribution >= 0.6 is 0 Å². The highest BCUT2D eigenvalue weighted by Crippen LogP contribution is 2.21. The number of hydrogen-bond donors (Lipinski definition) is 1. The molecule has 1 saturated heterocycles. The molecule has 2 rings (SSSR count). The SMILES string of the molecule is CCC(C)n1ccc(CN2C(=O)CNC(=O)C2(C)C)n1. The summed E-state index contributed by atoms with van der Waals surface area (Å²) in [6.45, 7) is 8.14. The Morgan fingerprint density at radius 2 is 2.15 bits per heavy atom. The maximum absolute atomic E-state index is 12.0. The first-order valence-corrected chi connectivity index (χ1v) is 6.99. The second-order valence-corrected chi connectivity index (χ2v) is 5.77. The number of nitrogens with one attached hydrogen (secondary N) is 1. The van der Waals surface area contributed by atoms with Crippen LogP contribution in [-0.4, -0.2) is 38.6 Å². The summed E-state index contributed by atoms with van der Waals surface area (Å²) in [6, 6.07) is 2.24. The van der Waals surface area contributed by atoms with Crippen LogP contribution in [0.1, 0.15) is 45.9 Å². The quantitative estimate of drug-likeness (QED) is 0.896. The number of aromatic nitrogens is 2. The molecule has 0 radical (unpaired) electrons. The molecule has 1 N–H and O–H groups in total. The van der Waals surface area contributed by atoms with E-state index in [1.165, 1.54) is 0 Å². The van der Waals surface area contributed by atoms with Crippen LogP contribution in [0.3, 0.4) is 0 Å². The van der Waals surface area contributed by atoms with Crippen molar-refractivity contribution in [2.24, 2.45) is 0 Å². The molecule has 0 bridgehead atoms. The lowest BCUT2D eigenvalue weighted by Gasteiger charge is -2.40. The summed E-state index contributed by atoms with van der Waals surface area (Å²) < 4.78 is 1.90. The first-order valence-electron chi connectivity index (χ1n) is 6.99. The molecule has 0 spiro atoms. The van der Waals surface area contributed by atoms with Gasteiger partial charge in [-0.15, -0.1) is 0 Å². The maximum atomic E-state index is 12.0. The van der Waals surface area contributed by atoms with Gasteiger partial charge in [-0.3, -0.25) is 14.3 Å². The molecule has 1 unspecified atom stereocenters. The van der Waals surface area contributed by atoms with E-state index < -0.39 is 5.54 Å². The van der Waals surface area contributed by atoms with E-state index in [-0.39, 0.29) is 18.4 Å². The van der Waals surface area contributed by atoms with Crippen LogP contribution in [0.25, 0.3) is 0 Å². The van der Waals surface area contributed by atoms with Gasteiger partial charge in [-0.25, -0.2) is 0 Å². The monoisotopic (exact) mass is 278 g/mol. The highest BCUT2D eigenvalue weighted by atomic mass is 16.2. The number of rotatable bonds is 4. The highest BCUT2D eigenvalue weighted by molar-refractivity contribution is 5.97. The summed E-state index contributed by atoms with van der Waals surface area (Å²) in [5.41, 5.74) is -0.0309. The molecule has 1 aromatic rings. The summed E-state index contributed by atoms with van der Waals surface area (Å²) in [6.07, 6.45) is 2.92. The number of carbonyl (C=O) groups excluding carboxylic acids is 2. The standard InChI is InChI=1S/C14H22N4O2/c1-5-10(2)18-7-6-11(16-18)9-17-12(19)8-15-13(20)14(17,3)4/h6-7,10H,5,8-9H2,1-4H3,(H,15,20). The van der Waals surface area contributed by atoms with Crippen molar-refractivity contribution in [3.8, 4) is 0 Å². The maximum Gasteiger partial charge on any atom is 0.245 e. The fourth-order valence-electron chi connectivity index (χ4n) is 2.24. The van der Waals surface area contributed by atoms with Crippen molar-refractivity contribution in [3.63, 3.8) is 0 Å². The Labute approximate surface area is 119 Å². The zero-order valence-electron chi connectivity index (χ0n) is 12.5. The van der Waals surface area contributed by atoms with Crippen LogP contribution in [0.2, 0.25) is 0 Å². The van der Waals surface area contributed by atoms with E-state index in [0.717, 1.165) is 12.1 Å². The Bertz CT molecular complexity index is 521. The molecule has 6 nitrogen and oxygen atoms in total. The van der Waals surface area contributed by atoms with Crippen molar-refractivity contribution in [2.45, 2.75) is 52.2 Å². The zero-order chi connectivity index (χ0) is 14.9. The van der Waals surface area contributed by atoms with E-state index in [4.69, 9.17) is 0 Å². The van der Waals surface area contributed by atoms with Gasteiger partial charge in [0.1, 0.15) is 5.54 Å². The molecule has 0 saturated carbocycles. The fourth-order valence-corrected chi connectivity index (χ4v) is 2.24. The average molecular weight is 278 g/mol. The van der Waals surface area contributed by atoms with Gasteiger partial charge in [-0.05, 0) is 33.3 Å². The lowest BCUT2D eigenvalue weighted by atomic mass is 9.98. The van der Waals surface area contributed by atoms with Gasteiger partial charge < -0.3 is 10.2 Å². The van der Waals surface area contributed by atoms with E-state index in [1.54, 1.807) is 18.7 Å². The normalized spacial score (nSPS) is 19.9. The Balaban J connectivity index is 2.17. The molecule has 110 valence electrons. The van der Waals surface area contributed by atoms with Crippen molar-refractivity contribution in [3.05, 3.63) is 18.0 Å². The van der Waals surface area contributed by atoms with Crippen molar-refractivity contribution in [2.75, 3.05) is 6.54 Å². The molecule has 1 aromatic heterocycles. The summed E-state index contributed by atoms with van der Waals surface area (Å²) in [5, 5.41) is 7.11. The number of piperazine rings is 1. The van der Waals surface area contributed by atoms with Crippen LogP contribution in [0.4, 0.5) is 0 Å². The lowest BCUT2D eigenvalue weighted by Crippen LogP contribution is -2.63. The number of nitrogens with zero attached hydrogens (tertiary/aromatic N) is 3. The predicted octanol–water partition coefficient (Wildman–Crippen LogP) is 1.09. The van der Waals surface area contributed by atoms with Gasteiger partial charge in [-0.2, -0.15) is 5.10 Å². The van der Waals surface area contributed by atoms with E-state index in [0.29, 0.717) is 12.6 Å². The molecule has 6 heteroatoms. The van der Waals surface area contributed by atoms with Crippen LogP contribution in [0, 0.1) is 0 Å². The van der Waals surface area contributed by atoms with Crippen molar-refractivity contribution >= 4 is 11.8 Å². The largest absolute Gasteiger partial charge is 0.345 e. The Hall–Kier alpha value is -1.85. The van der Waals surface area contributed by atoms with E-state index in [2.05, 4.69) is 24.3 Å². The second kappa shape index (κ2) is 5.26. The van der Waals surface area contributed by atoms with Crippen LogP contribution in [0.5, 0.6) is 0 Å². The molecular weight excluding hydrogens is 256 g/mol.